The first kappa shape index (κ1) is 14.9. The minimum absolute atomic E-state index is 0.0411. The maximum Gasteiger partial charge on any atom is 0.259 e. The van der Waals surface area contributed by atoms with E-state index in [2.05, 4.69) is 24.8 Å². The third kappa shape index (κ3) is 2.46. The van der Waals surface area contributed by atoms with E-state index >= 15 is 0 Å². The van der Waals surface area contributed by atoms with Crippen LogP contribution < -0.4 is 9.80 Å². The van der Waals surface area contributed by atoms with Gasteiger partial charge in [0, 0.05) is 19.1 Å². The fraction of sp³-hybridized carbons (Fsp3) is 0.278. The molecular weight excluding hydrogens is 296 g/mol. The third-order valence-electron chi connectivity index (χ3n) is 4.15. The van der Waals surface area contributed by atoms with Gasteiger partial charge < -0.3 is 9.80 Å². The van der Waals surface area contributed by atoms with Crippen LogP contribution in [0.5, 0.6) is 0 Å². The van der Waals surface area contributed by atoms with Crippen LogP contribution >= 0.6 is 11.6 Å². The number of carbonyl (C=O) groups excluding carboxylic acids is 1. The van der Waals surface area contributed by atoms with E-state index in [0.717, 1.165) is 17.9 Å². The maximum atomic E-state index is 12.9. The number of hydrogen-bond donors (Lipinski definition) is 0. The van der Waals surface area contributed by atoms with Crippen LogP contribution in [0.25, 0.3) is 0 Å². The monoisotopic (exact) mass is 314 g/mol. The Labute approximate surface area is 136 Å². The number of carbonyl (C=O) groups is 1. The van der Waals surface area contributed by atoms with Crippen molar-refractivity contribution in [3.63, 3.8) is 0 Å². The van der Waals surface area contributed by atoms with Crippen molar-refractivity contribution in [2.24, 2.45) is 0 Å². The summed E-state index contributed by atoms with van der Waals surface area (Å²) in [6, 6.07) is 15.5. The molecular formula is C18H19ClN2O. The van der Waals surface area contributed by atoms with E-state index in [1.165, 1.54) is 0 Å². The highest BCUT2D eigenvalue weighted by atomic mass is 35.5. The van der Waals surface area contributed by atoms with E-state index in [1.54, 1.807) is 12.1 Å². The van der Waals surface area contributed by atoms with Gasteiger partial charge in [-0.05, 0) is 38.1 Å². The second-order valence-corrected chi connectivity index (χ2v) is 5.93. The zero-order valence-corrected chi connectivity index (χ0v) is 13.5. The van der Waals surface area contributed by atoms with E-state index in [4.69, 9.17) is 11.6 Å². The third-order valence-corrected chi connectivity index (χ3v) is 4.48. The van der Waals surface area contributed by atoms with Crippen LogP contribution in [-0.2, 0) is 0 Å². The predicted octanol–water partition coefficient (Wildman–Crippen LogP) is 4.22. The van der Waals surface area contributed by atoms with Gasteiger partial charge in [-0.3, -0.25) is 4.79 Å². The molecule has 1 amide bonds. The summed E-state index contributed by atoms with van der Waals surface area (Å²) in [5, 5.41) is 0.496. The maximum absolute atomic E-state index is 12.9. The number of nitrogens with zero attached hydrogens (tertiary/aromatic N) is 2. The Morgan fingerprint density at radius 1 is 1.14 bits per heavy atom. The highest BCUT2D eigenvalue weighted by Crippen LogP contribution is 2.36. The summed E-state index contributed by atoms with van der Waals surface area (Å²) in [7, 11) is 0. The molecule has 3 rings (SSSR count). The Hall–Kier alpha value is -2.00. The van der Waals surface area contributed by atoms with Gasteiger partial charge in [0.1, 0.15) is 0 Å². The molecule has 0 aromatic heterocycles. The summed E-state index contributed by atoms with van der Waals surface area (Å²) in [6.45, 7) is 5.87. The van der Waals surface area contributed by atoms with Crippen LogP contribution in [-0.4, -0.2) is 25.0 Å². The number of benzene rings is 2. The zero-order valence-electron chi connectivity index (χ0n) is 12.8. The van der Waals surface area contributed by atoms with E-state index in [-0.39, 0.29) is 11.9 Å². The van der Waals surface area contributed by atoms with Crippen molar-refractivity contribution in [3.8, 4) is 0 Å². The van der Waals surface area contributed by atoms with E-state index in [0.29, 0.717) is 17.1 Å². The van der Waals surface area contributed by atoms with Crippen LogP contribution in [0.1, 0.15) is 24.2 Å². The summed E-state index contributed by atoms with van der Waals surface area (Å²) >= 11 is 6.20. The number of amides is 1. The smallest absolute Gasteiger partial charge is 0.259 e. The summed E-state index contributed by atoms with van der Waals surface area (Å²) < 4.78 is 0. The first-order valence-corrected chi connectivity index (χ1v) is 7.93. The molecule has 0 N–H and O–H groups in total. The van der Waals surface area contributed by atoms with Gasteiger partial charge in [-0.15, -0.1) is 0 Å². The molecule has 1 aliphatic heterocycles. The number of rotatable bonds is 2. The van der Waals surface area contributed by atoms with Gasteiger partial charge in [0.2, 0.25) is 0 Å². The van der Waals surface area contributed by atoms with Gasteiger partial charge in [-0.25, -0.2) is 0 Å². The lowest BCUT2D eigenvalue weighted by Crippen LogP contribution is -2.49. The lowest BCUT2D eigenvalue weighted by atomic mass is 10.1. The minimum Gasteiger partial charge on any atom is -0.366 e. The molecule has 0 aliphatic carbocycles. The van der Waals surface area contributed by atoms with Crippen LogP contribution in [0.15, 0.2) is 48.5 Å². The number of anilines is 2. The minimum atomic E-state index is -0.0411. The van der Waals surface area contributed by atoms with E-state index in [1.807, 2.05) is 35.2 Å². The second-order valence-electron chi connectivity index (χ2n) is 5.52. The second kappa shape index (κ2) is 6.01. The summed E-state index contributed by atoms with van der Waals surface area (Å²) in [5.41, 5.74) is 2.60. The molecule has 0 bridgehead atoms. The quantitative estimate of drug-likeness (QED) is 0.828. The van der Waals surface area contributed by atoms with E-state index in [9.17, 15) is 4.79 Å². The molecule has 22 heavy (non-hydrogen) atoms. The van der Waals surface area contributed by atoms with Crippen molar-refractivity contribution < 1.29 is 4.79 Å². The molecule has 2 aromatic rings. The molecule has 0 saturated heterocycles. The standard InChI is InChI=1S/C18H19ClN2O/c1-3-20-13(2)12-21(17-11-7-6-10-16(17)20)18(22)14-8-4-5-9-15(14)19/h4-11,13H,3,12H2,1-2H3. The highest BCUT2D eigenvalue weighted by molar-refractivity contribution is 6.34. The number of halogens is 1. The molecule has 114 valence electrons. The van der Waals surface area contributed by atoms with Gasteiger partial charge in [-0.2, -0.15) is 0 Å². The molecule has 1 atom stereocenters. The fourth-order valence-electron chi connectivity index (χ4n) is 3.09. The predicted molar refractivity (Wildman–Crippen MR) is 92.1 cm³/mol. The van der Waals surface area contributed by atoms with Gasteiger partial charge in [0.15, 0.2) is 0 Å². The summed E-state index contributed by atoms with van der Waals surface area (Å²) in [4.78, 5) is 17.1. The van der Waals surface area contributed by atoms with Crippen molar-refractivity contribution in [2.75, 3.05) is 22.9 Å². The van der Waals surface area contributed by atoms with Crippen molar-refractivity contribution in [3.05, 3.63) is 59.1 Å². The van der Waals surface area contributed by atoms with Crippen molar-refractivity contribution in [2.45, 2.75) is 19.9 Å². The van der Waals surface area contributed by atoms with Gasteiger partial charge in [-0.1, -0.05) is 35.9 Å². The molecule has 1 unspecified atom stereocenters. The van der Waals surface area contributed by atoms with Gasteiger partial charge in [0.25, 0.3) is 5.91 Å². The lowest BCUT2D eigenvalue weighted by Gasteiger charge is -2.42. The Morgan fingerprint density at radius 2 is 1.77 bits per heavy atom. The largest absolute Gasteiger partial charge is 0.366 e. The molecule has 2 aromatic carbocycles. The van der Waals surface area contributed by atoms with E-state index < -0.39 is 0 Å². The summed E-state index contributed by atoms with van der Waals surface area (Å²) in [6.07, 6.45) is 0. The normalized spacial score (nSPS) is 17.3. The van der Waals surface area contributed by atoms with Gasteiger partial charge >= 0.3 is 0 Å². The number of fused-ring (bicyclic) bond motifs is 1. The zero-order chi connectivity index (χ0) is 15.7. The fourth-order valence-corrected chi connectivity index (χ4v) is 3.30. The van der Waals surface area contributed by atoms with Crippen LogP contribution in [0, 0.1) is 0 Å². The van der Waals surface area contributed by atoms with Crippen LogP contribution in [0.2, 0.25) is 5.02 Å². The molecule has 0 saturated carbocycles. The lowest BCUT2D eigenvalue weighted by molar-refractivity contribution is 0.0984. The Balaban J connectivity index is 2.05. The average Bonchev–Trinajstić information content (AvgIpc) is 2.54. The molecule has 0 radical (unpaired) electrons. The first-order valence-electron chi connectivity index (χ1n) is 7.55. The topological polar surface area (TPSA) is 23.6 Å². The number of likely N-dealkylation sites (N-methyl/N-ethyl adjacent to an activating group) is 1. The van der Waals surface area contributed by atoms with Crippen LogP contribution in [0.4, 0.5) is 11.4 Å². The SMILES string of the molecule is CCN1c2ccccc2N(C(=O)c2ccccc2Cl)CC1C. The number of hydrogen-bond acceptors (Lipinski definition) is 2. The Bertz CT molecular complexity index is 701. The molecule has 1 aliphatic rings. The molecule has 0 spiro atoms. The Kier molecular flexibility index (Phi) is 4.08. The van der Waals surface area contributed by atoms with Gasteiger partial charge in [0.05, 0.1) is 22.0 Å². The van der Waals surface area contributed by atoms with Crippen LogP contribution in [0.3, 0.4) is 0 Å². The first-order chi connectivity index (χ1) is 10.6. The van der Waals surface area contributed by atoms with Crippen molar-refractivity contribution >= 4 is 28.9 Å². The molecule has 4 heteroatoms. The molecule has 1 heterocycles. The highest BCUT2D eigenvalue weighted by Gasteiger charge is 2.31. The number of para-hydroxylation sites is 2. The van der Waals surface area contributed by atoms with Crippen molar-refractivity contribution in [1.82, 2.24) is 0 Å². The van der Waals surface area contributed by atoms with Crippen molar-refractivity contribution in [1.29, 1.82) is 0 Å². The molecule has 0 fully saturated rings. The summed E-state index contributed by atoms with van der Waals surface area (Å²) in [5.74, 6) is -0.0411. The Morgan fingerprint density at radius 3 is 2.45 bits per heavy atom. The molecule has 3 nitrogen and oxygen atoms in total. The average molecular weight is 315 g/mol.